The first-order valence-electron chi connectivity index (χ1n) is 23.5. The number of hydrogen-bond donors (Lipinski definition) is 7. The SMILES string of the molecule is CCN(CC)CCNC(=O)[C@]12CCC(C)(C)C[C@H]1C1=CC[C@@H]3[C@@]4(C)CC[C@H](O[C@@H]5OC[C@H](O)[C@H](O)[C@H]5O[C@@H]5O[C@@H](C)[C@H](O)[C@@H](O)[C@H]5O)[C@@](C)(CO)[C@@H]4CC[C@@]3(C)[C@]1(C)CC2. The molecule has 0 bridgehead atoms. The maximum atomic E-state index is 14.5. The standard InChI is InChI=1S/C47H80N2O11/c1-10-49(11-2)23-22-48-41(56)47-20-18-42(4,5)24-29(47)28-12-13-32-43(6)16-15-33(44(7,26-50)31(43)14-17-46(32,9)45(28,8)19-21-47)59-40-38(35(53)30(51)25-57-40)60-39-37(55)36(54)34(52)27(3)58-39/h12,27,29-40,50-55H,10-11,13-26H2,1-9H3,(H,48,56)/t27-,29-,30-,31+,32+,33-,34-,35-,36+,37+,38+,39-,40-,43-,44-,45+,46+,47-/m0/s1. The molecule has 7 aliphatic rings. The third-order valence-corrected chi connectivity index (χ3v) is 18.6. The molecule has 0 unspecified atom stereocenters. The number of aliphatic hydroxyl groups is 6. The van der Waals surface area contributed by atoms with Crippen molar-refractivity contribution in [1.29, 1.82) is 0 Å². The van der Waals surface area contributed by atoms with Crippen molar-refractivity contribution in [2.75, 3.05) is 39.4 Å². The number of nitrogens with zero attached hydrogens (tertiary/aromatic N) is 1. The zero-order valence-corrected chi connectivity index (χ0v) is 38.1. The van der Waals surface area contributed by atoms with Crippen LogP contribution >= 0.6 is 0 Å². The van der Waals surface area contributed by atoms with E-state index < -0.39 is 66.8 Å². The van der Waals surface area contributed by atoms with Gasteiger partial charge in [-0.15, -0.1) is 0 Å². The average Bonchev–Trinajstić information content (AvgIpc) is 3.21. The summed E-state index contributed by atoms with van der Waals surface area (Å²) in [5.41, 5.74) is 0.413. The fraction of sp³-hybridized carbons (Fsp3) is 0.936. The van der Waals surface area contributed by atoms with E-state index in [0.717, 1.165) is 77.4 Å². The molecule has 4 saturated carbocycles. The molecular formula is C47H80N2O11. The largest absolute Gasteiger partial charge is 0.396 e. The Morgan fingerprint density at radius 3 is 2.23 bits per heavy atom. The number of amides is 1. The topological polar surface area (TPSA) is 191 Å². The molecule has 6 fully saturated rings. The molecule has 0 aromatic carbocycles. The van der Waals surface area contributed by atoms with Crippen molar-refractivity contribution >= 4 is 5.91 Å². The van der Waals surface area contributed by atoms with Gasteiger partial charge in [-0.05, 0) is 124 Å². The molecule has 7 N–H and O–H groups in total. The molecule has 2 aliphatic heterocycles. The second kappa shape index (κ2) is 17.0. The zero-order chi connectivity index (χ0) is 43.8. The smallest absolute Gasteiger partial charge is 0.226 e. The van der Waals surface area contributed by atoms with Gasteiger partial charge in [-0.2, -0.15) is 0 Å². The van der Waals surface area contributed by atoms with Crippen molar-refractivity contribution in [2.45, 2.75) is 188 Å². The Balaban J connectivity index is 1.13. The minimum absolute atomic E-state index is 0.0127. The Bertz CT molecular complexity index is 1580. The number of nitrogens with one attached hydrogen (secondary N) is 1. The first kappa shape index (κ1) is 46.8. The molecule has 0 spiro atoms. The van der Waals surface area contributed by atoms with Gasteiger partial charge < -0.3 is 59.8 Å². The molecule has 0 aromatic rings. The number of carbonyl (C=O) groups is 1. The minimum Gasteiger partial charge on any atom is -0.396 e. The monoisotopic (exact) mass is 849 g/mol. The number of allylic oxidation sites excluding steroid dienone is 2. The van der Waals surface area contributed by atoms with Crippen LogP contribution in [0.3, 0.4) is 0 Å². The molecule has 1 amide bonds. The van der Waals surface area contributed by atoms with Crippen molar-refractivity contribution in [2.24, 2.45) is 50.2 Å². The van der Waals surface area contributed by atoms with Crippen molar-refractivity contribution in [1.82, 2.24) is 10.2 Å². The van der Waals surface area contributed by atoms with Crippen molar-refractivity contribution in [3.05, 3.63) is 11.6 Å². The third kappa shape index (κ3) is 7.47. The van der Waals surface area contributed by atoms with Crippen LogP contribution in [-0.2, 0) is 23.7 Å². The summed E-state index contributed by atoms with van der Waals surface area (Å²) in [5.74, 6) is 0.921. The van der Waals surface area contributed by atoms with Gasteiger partial charge in [-0.1, -0.05) is 67.0 Å². The number of fused-ring (bicyclic) bond motifs is 7. The molecule has 13 nitrogen and oxygen atoms in total. The Hall–Kier alpha value is -1.23. The number of ether oxygens (including phenoxy) is 4. The maximum absolute atomic E-state index is 14.5. The van der Waals surface area contributed by atoms with Crippen LogP contribution in [0, 0.1) is 50.2 Å². The predicted molar refractivity (Wildman–Crippen MR) is 225 cm³/mol. The van der Waals surface area contributed by atoms with E-state index in [0.29, 0.717) is 18.9 Å². The first-order chi connectivity index (χ1) is 28.2. The summed E-state index contributed by atoms with van der Waals surface area (Å²) in [5, 5.41) is 68.1. The fourth-order valence-corrected chi connectivity index (χ4v) is 14.4. The van der Waals surface area contributed by atoms with E-state index in [9.17, 15) is 35.4 Å². The van der Waals surface area contributed by atoms with Crippen LogP contribution in [0.25, 0.3) is 0 Å². The van der Waals surface area contributed by atoms with Crippen molar-refractivity contribution in [3.63, 3.8) is 0 Å². The van der Waals surface area contributed by atoms with Gasteiger partial charge in [0.2, 0.25) is 5.91 Å². The van der Waals surface area contributed by atoms with Gasteiger partial charge in [0.15, 0.2) is 12.6 Å². The van der Waals surface area contributed by atoms with Gasteiger partial charge in [0.05, 0.1) is 30.8 Å². The maximum Gasteiger partial charge on any atom is 0.226 e. The Morgan fingerprint density at radius 1 is 0.850 bits per heavy atom. The fourth-order valence-electron chi connectivity index (χ4n) is 14.4. The number of rotatable bonds is 11. The second-order valence-electron chi connectivity index (χ2n) is 22.0. The van der Waals surface area contributed by atoms with Crippen LogP contribution in [0.4, 0.5) is 0 Å². The van der Waals surface area contributed by atoms with Gasteiger partial charge in [-0.3, -0.25) is 4.79 Å². The van der Waals surface area contributed by atoms with Gasteiger partial charge in [0.25, 0.3) is 0 Å². The lowest BCUT2D eigenvalue weighted by molar-refractivity contribution is -0.365. The Morgan fingerprint density at radius 2 is 1.55 bits per heavy atom. The lowest BCUT2D eigenvalue weighted by Gasteiger charge is -2.71. The van der Waals surface area contributed by atoms with Crippen LogP contribution in [-0.4, -0.2) is 142 Å². The van der Waals surface area contributed by atoms with E-state index in [1.807, 2.05) is 0 Å². The normalized spacial score (nSPS) is 50.1. The van der Waals surface area contributed by atoms with Crippen LogP contribution < -0.4 is 5.32 Å². The summed E-state index contributed by atoms with van der Waals surface area (Å²) in [6, 6.07) is 0. The molecule has 5 aliphatic carbocycles. The van der Waals surface area contributed by atoms with Crippen LogP contribution in [0.5, 0.6) is 0 Å². The van der Waals surface area contributed by atoms with E-state index >= 15 is 0 Å². The van der Waals surface area contributed by atoms with Gasteiger partial charge >= 0.3 is 0 Å². The first-order valence-corrected chi connectivity index (χ1v) is 23.5. The molecule has 13 heteroatoms. The number of hydrogen-bond acceptors (Lipinski definition) is 12. The number of carbonyl (C=O) groups excluding carboxylic acids is 1. The number of likely N-dealkylation sites (N-methyl/N-ethyl adjacent to an activating group) is 1. The highest BCUT2D eigenvalue weighted by atomic mass is 16.8. The molecule has 344 valence electrons. The zero-order valence-electron chi connectivity index (χ0n) is 38.1. The summed E-state index contributed by atoms with van der Waals surface area (Å²) in [7, 11) is 0. The molecule has 2 heterocycles. The summed E-state index contributed by atoms with van der Waals surface area (Å²) in [6.07, 6.45) is -0.644. The van der Waals surface area contributed by atoms with Gasteiger partial charge in [0, 0.05) is 18.5 Å². The van der Waals surface area contributed by atoms with E-state index in [4.69, 9.17) is 18.9 Å². The summed E-state index contributed by atoms with van der Waals surface area (Å²) in [6.45, 7) is 23.5. The Kier molecular flexibility index (Phi) is 13.2. The summed E-state index contributed by atoms with van der Waals surface area (Å²) in [4.78, 5) is 16.9. The van der Waals surface area contributed by atoms with Crippen molar-refractivity contribution in [3.8, 4) is 0 Å². The highest BCUT2D eigenvalue weighted by molar-refractivity contribution is 5.84. The van der Waals surface area contributed by atoms with E-state index in [-0.39, 0.29) is 58.0 Å². The third-order valence-electron chi connectivity index (χ3n) is 18.6. The van der Waals surface area contributed by atoms with Crippen LogP contribution in [0.1, 0.15) is 127 Å². The molecule has 0 radical (unpaired) electrons. The average molecular weight is 849 g/mol. The summed E-state index contributed by atoms with van der Waals surface area (Å²) < 4.78 is 24.5. The van der Waals surface area contributed by atoms with Crippen LogP contribution in [0.2, 0.25) is 0 Å². The highest BCUT2D eigenvalue weighted by Crippen LogP contribution is 2.76. The number of aliphatic hydroxyl groups excluding tert-OH is 6. The van der Waals surface area contributed by atoms with Crippen LogP contribution in [0.15, 0.2) is 11.6 Å². The highest BCUT2D eigenvalue weighted by Gasteiger charge is 2.70. The van der Waals surface area contributed by atoms with Gasteiger partial charge in [-0.25, -0.2) is 0 Å². The Labute approximate surface area is 358 Å². The molecular weight excluding hydrogens is 769 g/mol. The lowest BCUT2D eigenvalue weighted by Crippen LogP contribution is -2.67. The van der Waals surface area contributed by atoms with Gasteiger partial charge in [0.1, 0.15) is 36.6 Å². The van der Waals surface area contributed by atoms with Crippen molar-refractivity contribution < 1.29 is 54.4 Å². The molecule has 0 aromatic heterocycles. The molecule has 2 saturated heterocycles. The van der Waals surface area contributed by atoms with E-state index in [1.54, 1.807) is 6.92 Å². The lowest BCUT2D eigenvalue weighted by atomic mass is 9.33. The summed E-state index contributed by atoms with van der Waals surface area (Å²) >= 11 is 0. The predicted octanol–water partition coefficient (Wildman–Crippen LogP) is 3.89. The quantitative estimate of drug-likeness (QED) is 0.118. The van der Waals surface area contributed by atoms with E-state index in [1.165, 1.54) is 5.57 Å². The molecule has 7 rings (SSSR count). The second-order valence-corrected chi connectivity index (χ2v) is 22.0. The van der Waals surface area contributed by atoms with E-state index in [2.05, 4.69) is 71.7 Å². The molecule has 18 atom stereocenters. The molecule has 60 heavy (non-hydrogen) atoms. The minimum atomic E-state index is -1.62.